The molecule has 0 aromatic heterocycles. The van der Waals surface area contributed by atoms with Crippen molar-refractivity contribution in [3.63, 3.8) is 0 Å². The van der Waals surface area contributed by atoms with Crippen molar-refractivity contribution < 1.29 is 38.2 Å². The number of unbranched alkanes of at least 4 members (excludes halogenated alkanes) is 22. The molecular formula is C38H72O5Ti. The first-order valence-electron chi connectivity index (χ1n) is 19.2. The van der Waals surface area contributed by atoms with Gasteiger partial charge in [-0.3, -0.25) is 0 Å². The Hall–Kier alpha value is -0.226. The summed E-state index contributed by atoms with van der Waals surface area (Å²) in [6, 6.07) is 0. The van der Waals surface area contributed by atoms with E-state index in [1.54, 1.807) is 0 Å². The van der Waals surface area contributed by atoms with E-state index in [0.29, 0.717) is 12.8 Å². The maximum absolute atomic E-state index is 13.1. The van der Waals surface area contributed by atoms with E-state index in [1.807, 2.05) is 0 Å². The van der Waals surface area contributed by atoms with E-state index in [9.17, 15) is 12.9 Å². The van der Waals surface area contributed by atoms with Gasteiger partial charge in [-0.2, -0.15) is 0 Å². The van der Waals surface area contributed by atoms with Crippen molar-refractivity contribution in [3.05, 3.63) is 0 Å². The summed E-state index contributed by atoms with van der Waals surface area (Å²) >= 11 is -3.42. The van der Waals surface area contributed by atoms with Crippen molar-refractivity contribution in [3.8, 4) is 0 Å². The van der Waals surface area contributed by atoms with Gasteiger partial charge in [-0.05, 0) is 11.8 Å². The minimum absolute atomic E-state index is 0.140. The van der Waals surface area contributed by atoms with E-state index in [4.69, 9.17) is 6.64 Å². The summed E-state index contributed by atoms with van der Waals surface area (Å²) in [5.41, 5.74) is -1.58. The molecule has 0 unspecified atom stereocenters. The summed E-state index contributed by atoms with van der Waals surface area (Å²) in [7, 11) is 0. The van der Waals surface area contributed by atoms with E-state index in [-0.39, 0.29) is 18.2 Å². The fraction of sp³-hybridized carbons (Fsp3) is 0.947. The molecule has 0 aliphatic carbocycles. The normalized spacial score (nSPS) is 14.7. The molecule has 0 amide bonds. The quantitative estimate of drug-likeness (QED) is 0.0409. The van der Waals surface area contributed by atoms with E-state index >= 15 is 0 Å². The van der Waals surface area contributed by atoms with Crippen molar-refractivity contribution >= 4 is 11.6 Å². The van der Waals surface area contributed by atoms with Gasteiger partial charge in [0.15, 0.2) is 0 Å². The molecule has 44 heavy (non-hydrogen) atoms. The second-order valence-corrected chi connectivity index (χ2v) is 16.2. The summed E-state index contributed by atoms with van der Waals surface area (Å²) in [6.45, 7) is 9.09. The first kappa shape index (κ1) is 41.8. The number of carbonyl (C=O) groups excluding carboxylic acids is 2. The molecule has 258 valence electrons. The van der Waals surface area contributed by atoms with Crippen LogP contribution in [0.5, 0.6) is 0 Å². The summed E-state index contributed by atoms with van der Waals surface area (Å²) in [5.74, 6) is 1.24. The van der Waals surface area contributed by atoms with Crippen LogP contribution in [0.3, 0.4) is 0 Å². The monoisotopic (exact) mass is 656 g/mol. The van der Waals surface area contributed by atoms with Crippen molar-refractivity contribution in [2.75, 3.05) is 6.61 Å². The molecule has 0 N–H and O–H groups in total. The standard InChI is InChI=1S/C38H72O4.O.Ti/c1-34(2)29-25-21-17-13-9-5-7-11-15-19-23-27-31-36(40)38(42,33-39)37(41)32-28-24-20-16-12-8-6-10-14-18-22-26-30-35(3)4;;/h34-35H,5-33H2,1-4H3;;/q-2;;+2. The van der Waals surface area contributed by atoms with Crippen molar-refractivity contribution in [1.29, 1.82) is 0 Å². The van der Waals surface area contributed by atoms with E-state index in [0.717, 1.165) is 50.4 Å². The van der Waals surface area contributed by atoms with Crippen molar-refractivity contribution in [2.24, 2.45) is 11.8 Å². The summed E-state index contributed by atoms with van der Waals surface area (Å²) < 4.78 is 22.7. The van der Waals surface area contributed by atoms with E-state index in [2.05, 4.69) is 27.7 Å². The third-order valence-electron chi connectivity index (χ3n) is 9.42. The Morgan fingerprint density at radius 1 is 0.500 bits per heavy atom. The summed E-state index contributed by atoms with van der Waals surface area (Å²) in [5, 5.41) is 0. The molecular weight excluding hydrogens is 584 g/mol. The van der Waals surface area contributed by atoms with Crippen LogP contribution < -0.4 is 0 Å². The molecule has 1 saturated heterocycles. The summed E-state index contributed by atoms with van der Waals surface area (Å²) in [6.07, 6.45) is 33.1. The maximum atomic E-state index is 13.1. The van der Waals surface area contributed by atoms with Crippen LogP contribution in [0.15, 0.2) is 0 Å². The molecule has 1 aliphatic heterocycles. The van der Waals surface area contributed by atoms with Gasteiger partial charge in [-0.25, -0.2) is 0 Å². The van der Waals surface area contributed by atoms with Gasteiger partial charge in [-0.1, -0.05) is 91.9 Å². The van der Waals surface area contributed by atoms with Crippen LogP contribution in [0.2, 0.25) is 0 Å². The molecule has 6 heteroatoms. The molecule has 1 fully saturated rings. The molecule has 1 aliphatic rings. The molecule has 0 saturated carbocycles. The van der Waals surface area contributed by atoms with Crippen LogP contribution in [0.1, 0.15) is 207 Å². The molecule has 1 heterocycles. The van der Waals surface area contributed by atoms with Gasteiger partial charge < -0.3 is 0 Å². The summed E-state index contributed by atoms with van der Waals surface area (Å²) in [4.78, 5) is 26.2. The number of Topliss-reactive ketones (excluding diaryl/α,β-unsaturated/α-hetero) is 2. The average Bonchev–Trinajstić information content (AvgIpc) is 3.39. The van der Waals surface area contributed by atoms with Crippen LogP contribution in [0.4, 0.5) is 0 Å². The molecule has 0 bridgehead atoms. The van der Waals surface area contributed by atoms with Gasteiger partial charge in [0.2, 0.25) is 0 Å². The second-order valence-electron chi connectivity index (χ2n) is 14.7. The van der Waals surface area contributed by atoms with Crippen LogP contribution in [-0.2, 0) is 38.2 Å². The van der Waals surface area contributed by atoms with Crippen LogP contribution >= 0.6 is 0 Å². The van der Waals surface area contributed by atoms with Gasteiger partial charge in [-0.15, -0.1) is 0 Å². The Balaban J connectivity index is 2.07. The zero-order valence-corrected chi connectivity index (χ0v) is 31.3. The zero-order valence-electron chi connectivity index (χ0n) is 29.7. The van der Waals surface area contributed by atoms with E-state index in [1.165, 1.54) is 128 Å². The molecule has 0 aromatic carbocycles. The molecule has 1 rings (SSSR count). The minimum atomic E-state index is -3.42. The fourth-order valence-corrected chi connectivity index (χ4v) is 7.89. The molecule has 0 aromatic rings. The van der Waals surface area contributed by atoms with Crippen LogP contribution in [0, 0.1) is 11.8 Å². The molecule has 0 spiro atoms. The number of carbonyl (C=O) groups is 2. The second kappa shape index (κ2) is 27.8. The Morgan fingerprint density at radius 3 is 1.02 bits per heavy atom. The van der Waals surface area contributed by atoms with Crippen LogP contribution in [-0.4, -0.2) is 23.8 Å². The number of hydrogen-bond acceptors (Lipinski definition) is 5. The first-order valence-corrected chi connectivity index (χ1v) is 21.1. The predicted molar refractivity (Wildman–Crippen MR) is 179 cm³/mol. The molecule has 5 nitrogen and oxygen atoms in total. The first-order chi connectivity index (χ1) is 21.3. The Morgan fingerprint density at radius 2 is 0.773 bits per heavy atom. The van der Waals surface area contributed by atoms with Gasteiger partial charge in [0.1, 0.15) is 0 Å². The predicted octanol–water partition coefficient (Wildman–Crippen LogP) is 11.9. The number of rotatable bonds is 32. The van der Waals surface area contributed by atoms with Crippen molar-refractivity contribution in [2.45, 2.75) is 213 Å². The molecule has 0 radical (unpaired) electrons. The zero-order chi connectivity index (χ0) is 32.3. The van der Waals surface area contributed by atoms with Gasteiger partial charge in [0, 0.05) is 0 Å². The van der Waals surface area contributed by atoms with E-state index < -0.39 is 24.2 Å². The number of ketones is 2. The topological polar surface area (TPSA) is 69.7 Å². The fourth-order valence-electron chi connectivity index (χ4n) is 6.41. The Labute approximate surface area is 280 Å². The Kier molecular flexibility index (Phi) is 26.5. The number of hydrogen-bond donors (Lipinski definition) is 0. The van der Waals surface area contributed by atoms with Gasteiger partial charge in [0.05, 0.1) is 0 Å². The van der Waals surface area contributed by atoms with Gasteiger partial charge >= 0.3 is 178 Å². The van der Waals surface area contributed by atoms with Crippen LogP contribution in [0.25, 0.3) is 0 Å². The third kappa shape index (κ3) is 21.5. The third-order valence-corrected chi connectivity index (χ3v) is 10.8. The average molecular weight is 657 g/mol. The SMILES string of the molecule is CC(C)CCCCCCCCCCCCCCC(=O)C1(C(=O)CCCCCCCCCCCCCCC(C)C)C[O][Ti](=[O])[O]1. The van der Waals surface area contributed by atoms with Crippen molar-refractivity contribution in [1.82, 2.24) is 0 Å². The molecule has 0 atom stereocenters. The van der Waals surface area contributed by atoms with Gasteiger partial charge in [0.25, 0.3) is 0 Å². The Bertz CT molecular complexity index is 687.